The van der Waals surface area contributed by atoms with Crippen LogP contribution in [0.2, 0.25) is 0 Å². The van der Waals surface area contributed by atoms with Gasteiger partial charge in [-0.2, -0.15) is 0 Å². The summed E-state index contributed by atoms with van der Waals surface area (Å²) in [6, 6.07) is 30.2. The molecule has 1 heterocycles. The van der Waals surface area contributed by atoms with E-state index in [1.165, 1.54) is 38.6 Å². The fourth-order valence-electron chi connectivity index (χ4n) is 4.27. The van der Waals surface area contributed by atoms with Crippen molar-refractivity contribution < 1.29 is 4.42 Å². The minimum Gasteiger partial charge on any atom is -0.455 e. The zero-order chi connectivity index (χ0) is 17.1. The van der Waals surface area contributed by atoms with Crippen LogP contribution >= 0.6 is 0 Å². The highest BCUT2D eigenvalue weighted by Gasteiger charge is 2.19. The number of furan rings is 1. The maximum Gasteiger partial charge on any atom is 0.143 e. The van der Waals surface area contributed by atoms with Gasteiger partial charge in [-0.1, -0.05) is 72.8 Å². The second-order valence-corrected chi connectivity index (χ2v) is 6.99. The van der Waals surface area contributed by atoms with E-state index in [0.29, 0.717) is 0 Å². The topological polar surface area (TPSA) is 13.1 Å². The fourth-order valence-corrected chi connectivity index (χ4v) is 4.27. The van der Waals surface area contributed by atoms with Gasteiger partial charge in [-0.3, -0.25) is 0 Å². The van der Waals surface area contributed by atoms with E-state index in [9.17, 15) is 0 Å². The van der Waals surface area contributed by atoms with Crippen LogP contribution in [0.3, 0.4) is 0 Å². The van der Waals surface area contributed by atoms with Gasteiger partial charge in [0.25, 0.3) is 0 Å². The minimum atomic E-state index is 0.946. The van der Waals surface area contributed by atoms with E-state index in [2.05, 4.69) is 72.8 Å². The number of para-hydroxylation sites is 2. The summed E-state index contributed by atoms with van der Waals surface area (Å²) in [7, 11) is 0. The van der Waals surface area contributed by atoms with E-state index in [1.54, 1.807) is 0 Å². The Labute approximate surface area is 151 Å². The highest BCUT2D eigenvalue weighted by atomic mass is 16.3. The molecule has 5 aromatic rings. The molecule has 0 amide bonds. The third-order valence-electron chi connectivity index (χ3n) is 5.51. The standard InChI is InChI=1S/C25H16O/c1-2-7-19-16(6-1)14-17-12-13-18(15-23(17)19)20-9-5-10-22-21-8-3-4-11-24(21)26-25(20)22/h1-13,15H,14H2. The predicted molar refractivity (Wildman–Crippen MR) is 107 cm³/mol. The fraction of sp³-hybridized carbons (Fsp3) is 0.0400. The molecule has 0 fully saturated rings. The Morgan fingerprint density at radius 3 is 2.35 bits per heavy atom. The number of fused-ring (bicyclic) bond motifs is 6. The van der Waals surface area contributed by atoms with Gasteiger partial charge in [0.05, 0.1) is 0 Å². The Morgan fingerprint density at radius 2 is 1.35 bits per heavy atom. The average Bonchev–Trinajstić information content (AvgIpc) is 3.25. The molecule has 122 valence electrons. The summed E-state index contributed by atoms with van der Waals surface area (Å²) in [5.41, 5.74) is 9.83. The molecule has 0 radical (unpaired) electrons. The van der Waals surface area contributed by atoms with Crippen LogP contribution in [0.5, 0.6) is 0 Å². The normalized spacial score (nSPS) is 12.5. The molecular weight excluding hydrogens is 316 g/mol. The molecule has 0 spiro atoms. The third kappa shape index (κ3) is 1.86. The zero-order valence-corrected chi connectivity index (χ0v) is 14.2. The second kappa shape index (κ2) is 5.09. The number of hydrogen-bond donors (Lipinski definition) is 0. The molecule has 1 aromatic heterocycles. The first kappa shape index (κ1) is 13.9. The Kier molecular flexibility index (Phi) is 2.72. The van der Waals surface area contributed by atoms with Gasteiger partial charge in [0.2, 0.25) is 0 Å². The van der Waals surface area contributed by atoms with Gasteiger partial charge in [-0.25, -0.2) is 0 Å². The van der Waals surface area contributed by atoms with E-state index < -0.39 is 0 Å². The van der Waals surface area contributed by atoms with Crippen molar-refractivity contribution in [3.05, 3.63) is 96.1 Å². The van der Waals surface area contributed by atoms with Crippen LogP contribution in [-0.2, 0) is 6.42 Å². The van der Waals surface area contributed by atoms with Crippen LogP contribution in [0.25, 0.3) is 44.2 Å². The van der Waals surface area contributed by atoms with Gasteiger partial charge in [-0.15, -0.1) is 0 Å². The summed E-state index contributed by atoms with van der Waals surface area (Å²) in [6.07, 6.45) is 1.03. The molecule has 0 aliphatic heterocycles. The first-order chi connectivity index (χ1) is 12.9. The van der Waals surface area contributed by atoms with Crippen molar-refractivity contribution in [2.45, 2.75) is 6.42 Å². The van der Waals surface area contributed by atoms with Gasteiger partial charge in [0, 0.05) is 16.3 Å². The lowest BCUT2D eigenvalue weighted by atomic mass is 9.97. The molecule has 0 saturated heterocycles. The summed E-state index contributed by atoms with van der Waals surface area (Å²) in [5, 5.41) is 2.36. The van der Waals surface area contributed by atoms with E-state index in [1.807, 2.05) is 12.1 Å². The molecule has 1 heteroatoms. The van der Waals surface area contributed by atoms with E-state index in [4.69, 9.17) is 4.42 Å². The quantitative estimate of drug-likeness (QED) is 0.322. The van der Waals surface area contributed by atoms with Crippen molar-refractivity contribution in [3.63, 3.8) is 0 Å². The minimum absolute atomic E-state index is 0.946. The average molecular weight is 332 g/mol. The molecule has 4 aromatic carbocycles. The highest BCUT2D eigenvalue weighted by Crippen LogP contribution is 2.41. The van der Waals surface area contributed by atoms with Crippen molar-refractivity contribution in [2.24, 2.45) is 0 Å². The molecule has 0 N–H and O–H groups in total. The molecule has 0 atom stereocenters. The monoisotopic (exact) mass is 332 g/mol. The van der Waals surface area contributed by atoms with Crippen molar-refractivity contribution >= 4 is 21.9 Å². The third-order valence-corrected chi connectivity index (χ3v) is 5.51. The van der Waals surface area contributed by atoms with E-state index in [0.717, 1.165) is 23.2 Å². The molecule has 0 unspecified atom stereocenters. The lowest BCUT2D eigenvalue weighted by Gasteiger charge is -2.07. The largest absolute Gasteiger partial charge is 0.455 e. The van der Waals surface area contributed by atoms with E-state index >= 15 is 0 Å². The summed E-state index contributed by atoms with van der Waals surface area (Å²) < 4.78 is 6.23. The summed E-state index contributed by atoms with van der Waals surface area (Å²) in [5.74, 6) is 0. The lowest BCUT2D eigenvalue weighted by molar-refractivity contribution is 0.670. The summed E-state index contributed by atoms with van der Waals surface area (Å²) in [6.45, 7) is 0. The van der Waals surface area contributed by atoms with Crippen LogP contribution in [0.4, 0.5) is 0 Å². The van der Waals surface area contributed by atoms with Crippen LogP contribution in [0, 0.1) is 0 Å². The SMILES string of the molecule is c1ccc2c(c1)Cc1ccc(-c3cccc4c3oc3ccccc34)cc1-2. The molecule has 1 aliphatic carbocycles. The number of hydrogen-bond acceptors (Lipinski definition) is 1. The van der Waals surface area contributed by atoms with Crippen molar-refractivity contribution in [2.75, 3.05) is 0 Å². The van der Waals surface area contributed by atoms with Gasteiger partial charge in [-0.05, 0) is 46.4 Å². The first-order valence-electron chi connectivity index (χ1n) is 9.00. The Bertz CT molecular complexity index is 1310. The van der Waals surface area contributed by atoms with Crippen LogP contribution in [0.1, 0.15) is 11.1 Å². The smallest absolute Gasteiger partial charge is 0.143 e. The number of benzene rings is 4. The molecule has 0 saturated carbocycles. The Hall–Kier alpha value is -3.32. The molecule has 1 nitrogen and oxygen atoms in total. The van der Waals surface area contributed by atoms with Crippen molar-refractivity contribution in [1.29, 1.82) is 0 Å². The molecule has 6 rings (SSSR count). The summed E-state index contributed by atoms with van der Waals surface area (Å²) >= 11 is 0. The predicted octanol–water partition coefficient (Wildman–Crippen LogP) is 6.82. The zero-order valence-electron chi connectivity index (χ0n) is 14.2. The Balaban J connectivity index is 1.61. The maximum absolute atomic E-state index is 6.23. The molecule has 26 heavy (non-hydrogen) atoms. The van der Waals surface area contributed by atoms with Crippen molar-refractivity contribution in [3.8, 4) is 22.3 Å². The van der Waals surface area contributed by atoms with Gasteiger partial charge >= 0.3 is 0 Å². The number of rotatable bonds is 1. The maximum atomic E-state index is 6.23. The van der Waals surface area contributed by atoms with Gasteiger partial charge in [0.15, 0.2) is 0 Å². The molecule has 0 bridgehead atoms. The van der Waals surface area contributed by atoms with Gasteiger partial charge < -0.3 is 4.42 Å². The lowest BCUT2D eigenvalue weighted by Crippen LogP contribution is -1.83. The first-order valence-corrected chi connectivity index (χ1v) is 9.00. The second-order valence-electron chi connectivity index (χ2n) is 6.99. The van der Waals surface area contributed by atoms with E-state index in [-0.39, 0.29) is 0 Å². The van der Waals surface area contributed by atoms with Crippen LogP contribution in [0.15, 0.2) is 89.3 Å². The Morgan fingerprint density at radius 1 is 0.577 bits per heavy atom. The van der Waals surface area contributed by atoms with Gasteiger partial charge in [0.1, 0.15) is 11.2 Å². The van der Waals surface area contributed by atoms with Crippen LogP contribution < -0.4 is 0 Å². The highest BCUT2D eigenvalue weighted by molar-refractivity contribution is 6.09. The molecular formula is C25H16O. The van der Waals surface area contributed by atoms with Crippen molar-refractivity contribution in [1.82, 2.24) is 0 Å². The van der Waals surface area contributed by atoms with Crippen LogP contribution in [-0.4, -0.2) is 0 Å². The molecule has 1 aliphatic rings. The summed E-state index contributed by atoms with van der Waals surface area (Å²) in [4.78, 5) is 0.